The fourth-order valence-corrected chi connectivity index (χ4v) is 1.97. The minimum Gasteiger partial charge on any atom is -0.478 e. The molecule has 1 rings (SSSR count). The molecule has 0 spiro atoms. The van der Waals surface area contributed by atoms with E-state index in [1.807, 2.05) is 0 Å². The lowest BCUT2D eigenvalue weighted by molar-refractivity contribution is -0.276. The lowest BCUT2D eigenvalue weighted by atomic mass is 10.2. The summed E-state index contributed by atoms with van der Waals surface area (Å²) in [5.41, 5.74) is -0.158. The highest BCUT2D eigenvalue weighted by atomic mass is 127. The van der Waals surface area contributed by atoms with Crippen molar-refractivity contribution in [3.63, 3.8) is 0 Å². The van der Waals surface area contributed by atoms with Crippen molar-refractivity contribution in [1.82, 2.24) is 4.98 Å². The third-order valence-corrected chi connectivity index (χ3v) is 3.03. The Labute approximate surface area is 115 Å². The van der Waals surface area contributed by atoms with E-state index in [1.165, 1.54) is 22.6 Å². The maximum absolute atomic E-state index is 12.1. The SMILES string of the molecule is O=C(O)c1cc(CBr)c(OC(F)(F)F)nc1I. The zero-order chi connectivity index (χ0) is 13.2. The summed E-state index contributed by atoms with van der Waals surface area (Å²) < 4.78 is 39.8. The van der Waals surface area contributed by atoms with Gasteiger partial charge in [0.2, 0.25) is 5.88 Å². The fourth-order valence-electron chi connectivity index (χ4n) is 0.960. The number of halogens is 5. The number of hydrogen-bond acceptors (Lipinski definition) is 3. The minimum atomic E-state index is -4.86. The lowest BCUT2D eigenvalue weighted by Crippen LogP contribution is -2.19. The largest absolute Gasteiger partial charge is 0.574 e. The maximum Gasteiger partial charge on any atom is 0.574 e. The van der Waals surface area contributed by atoms with Crippen LogP contribution in [0.1, 0.15) is 15.9 Å². The van der Waals surface area contributed by atoms with Gasteiger partial charge in [-0.05, 0) is 28.7 Å². The molecule has 0 amide bonds. The number of carboxylic acids is 1. The van der Waals surface area contributed by atoms with Gasteiger partial charge in [-0.25, -0.2) is 9.78 Å². The number of carbonyl (C=O) groups is 1. The van der Waals surface area contributed by atoms with Gasteiger partial charge < -0.3 is 9.84 Å². The van der Waals surface area contributed by atoms with Crippen LogP contribution in [0.3, 0.4) is 0 Å². The molecule has 0 saturated heterocycles. The van der Waals surface area contributed by atoms with E-state index in [2.05, 4.69) is 25.7 Å². The van der Waals surface area contributed by atoms with Gasteiger partial charge >= 0.3 is 12.3 Å². The van der Waals surface area contributed by atoms with Crippen LogP contribution >= 0.6 is 38.5 Å². The van der Waals surface area contributed by atoms with Crippen molar-refractivity contribution in [2.75, 3.05) is 0 Å². The second-order valence-corrected chi connectivity index (χ2v) is 4.36. The standard InChI is InChI=1S/C8H4BrF3INO3/c9-2-3-1-4(7(15)16)5(13)14-6(3)17-8(10,11)12/h1H,2H2,(H,15,16). The summed E-state index contributed by atoms with van der Waals surface area (Å²) in [7, 11) is 0. The van der Waals surface area contributed by atoms with E-state index in [0.717, 1.165) is 6.07 Å². The number of rotatable bonds is 3. The fraction of sp³-hybridized carbons (Fsp3) is 0.250. The van der Waals surface area contributed by atoms with Crippen LogP contribution in [-0.4, -0.2) is 22.4 Å². The number of alkyl halides is 4. The molecule has 94 valence electrons. The molecule has 9 heteroatoms. The van der Waals surface area contributed by atoms with Gasteiger partial charge in [0.15, 0.2) is 0 Å². The van der Waals surface area contributed by atoms with Gasteiger partial charge in [0.05, 0.1) is 5.56 Å². The minimum absolute atomic E-state index is 0.00259. The van der Waals surface area contributed by atoms with Crippen LogP contribution in [0.4, 0.5) is 13.2 Å². The van der Waals surface area contributed by atoms with Crippen molar-refractivity contribution in [1.29, 1.82) is 0 Å². The monoisotopic (exact) mass is 425 g/mol. The average Bonchev–Trinajstić information content (AvgIpc) is 2.14. The number of aromatic carboxylic acids is 1. The zero-order valence-electron chi connectivity index (χ0n) is 7.89. The van der Waals surface area contributed by atoms with Gasteiger partial charge in [0, 0.05) is 10.9 Å². The molecule has 1 heterocycles. The van der Waals surface area contributed by atoms with Crippen molar-refractivity contribution in [3.8, 4) is 5.88 Å². The average molecular weight is 426 g/mol. The molecule has 1 aromatic heterocycles. The second kappa shape index (κ2) is 5.38. The zero-order valence-corrected chi connectivity index (χ0v) is 11.6. The summed E-state index contributed by atoms with van der Waals surface area (Å²) in [4.78, 5) is 14.2. The highest BCUT2D eigenvalue weighted by Gasteiger charge is 2.33. The molecular formula is C8H4BrF3INO3. The molecular weight excluding hydrogens is 422 g/mol. The predicted octanol–water partition coefficient (Wildman–Crippen LogP) is 3.18. The van der Waals surface area contributed by atoms with Gasteiger partial charge in [-0.3, -0.25) is 0 Å². The summed E-state index contributed by atoms with van der Waals surface area (Å²) in [5, 5.41) is 8.79. The summed E-state index contributed by atoms with van der Waals surface area (Å²) in [6.07, 6.45) is -4.86. The van der Waals surface area contributed by atoms with Crippen LogP contribution in [0.25, 0.3) is 0 Å². The van der Waals surface area contributed by atoms with E-state index in [1.54, 1.807) is 0 Å². The smallest absolute Gasteiger partial charge is 0.478 e. The van der Waals surface area contributed by atoms with Gasteiger partial charge in [0.1, 0.15) is 3.70 Å². The molecule has 0 fully saturated rings. The Hall–Kier alpha value is -0.580. The van der Waals surface area contributed by atoms with Crippen molar-refractivity contribution in [2.24, 2.45) is 0 Å². The van der Waals surface area contributed by atoms with Gasteiger partial charge in [0.25, 0.3) is 0 Å². The van der Waals surface area contributed by atoms with E-state index in [9.17, 15) is 18.0 Å². The molecule has 0 atom stereocenters. The first-order chi connectivity index (χ1) is 7.74. The van der Waals surface area contributed by atoms with E-state index in [-0.39, 0.29) is 20.2 Å². The highest BCUT2D eigenvalue weighted by Crippen LogP contribution is 2.28. The first kappa shape index (κ1) is 14.5. The molecule has 4 nitrogen and oxygen atoms in total. The summed E-state index contributed by atoms with van der Waals surface area (Å²) in [6.45, 7) is 0. The van der Waals surface area contributed by atoms with Crippen molar-refractivity contribution < 1.29 is 27.8 Å². The molecule has 0 aromatic carbocycles. The van der Waals surface area contributed by atoms with Gasteiger partial charge in [-0.1, -0.05) is 15.9 Å². The number of pyridine rings is 1. The van der Waals surface area contributed by atoms with Crippen LogP contribution < -0.4 is 4.74 Å². The number of carboxylic acid groups (broad SMARTS) is 1. The normalized spacial score (nSPS) is 11.4. The summed E-state index contributed by atoms with van der Waals surface area (Å²) >= 11 is 4.47. The van der Waals surface area contributed by atoms with Gasteiger partial charge in [-0.2, -0.15) is 0 Å². The lowest BCUT2D eigenvalue weighted by Gasteiger charge is -2.12. The predicted molar refractivity (Wildman–Crippen MR) is 63.2 cm³/mol. The second-order valence-electron chi connectivity index (χ2n) is 2.78. The van der Waals surface area contributed by atoms with Gasteiger partial charge in [-0.15, -0.1) is 13.2 Å². The molecule has 1 N–H and O–H groups in total. The Morgan fingerprint density at radius 2 is 2.18 bits per heavy atom. The quantitative estimate of drug-likeness (QED) is 0.459. The van der Waals surface area contributed by atoms with Crippen molar-refractivity contribution in [3.05, 3.63) is 20.9 Å². The Morgan fingerprint density at radius 3 is 2.59 bits per heavy atom. The molecule has 0 aliphatic heterocycles. The number of aromatic nitrogens is 1. The Morgan fingerprint density at radius 1 is 1.59 bits per heavy atom. The van der Waals surface area contributed by atoms with E-state index in [0.29, 0.717) is 0 Å². The molecule has 0 radical (unpaired) electrons. The number of nitrogens with zero attached hydrogens (tertiary/aromatic N) is 1. The molecule has 0 saturated carbocycles. The molecule has 0 unspecified atom stereocenters. The maximum atomic E-state index is 12.1. The van der Waals surface area contributed by atoms with Crippen LogP contribution in [0, 0.1) is 3.70 Å². The van der Waals surface area contributed by atoms with Crippen LogP contribution in [0.15, 0.2) is 6.07 Å². The van der Waals surface area contributed by atoms with Crippen LogP contribution in [-0.2, 0) is 5.33 Å². The molecule has 17 heavy (non-hydrogen) atoms. The molecule has 0 bridgehead atoms. The number of hydrogen-bond donors (Lipinski definition) is 1. The molecule has 0 aliphatic carbocycles. The molecule has 1 aromatic rings. The summed E-state index contributed by atoms with van der Waals surface area (Å²) in [5.74, 6) is -1.91. The van der Waals surface area contributed by atoms with E-state index in [4.69, 9.17) is 5.11 Å². The summed E-state index contributed by atoms with van der Waals surface area (Å²) in [6, 6.07) is 1.09. The van der Waals surface area contributed by atoms with Crippen LogP contribution in [0.5, 0.6) is 5.88 Å². The van der Waals surface area contributed by atoms with E-state index >= 15 is 0 Å². The van der Waals surface area contributed by atoms with Crippen molar-refractivity contribution in [2.45, 2.75) is 11.7 Å². The highest BCUT2D eigenvalue weighted by molar-refractivity contribution is 14.1. The topological polar surface area (TPSA) is 59.4 Å². The molecule has 0 aliphatic rings. The first-order valence-electron chi connectivity index (χ1n) is 3.99. The third kappa shape index (κ3) is 3.98. The number of ether oxygens (including phenoxy) is 1. The Bertz CT molecular complexity index is 452. The van der Waals surface area contributed by atoms with E-state index < -0.39 is 18.2 Å². The Kier molecular flexibility index (Phi) is 4.58. The third-order valence-electron chi connectivity index (χ3n) is 1.60. The Balaban J connectivity index is 3.24. The van der Waals surface area contributed by atoms with Crippen molar-refractivity contribution >= 4 is 44.5 Å². The first-order valence-corrected chi connectivity index (χ1v) is 6.19. The van der Waals surface area contributed by atoms with Crippen LogP contribution in [0.2, 0.25) is 0 Å².